The normalized spacial score (nSPS) is 13.0. The fourth-order valence-electron chi connectivity index (χ4n) is 2.61. The van der Waals surface area contributed by atoms with Crippen molar-refractivity contribution in [3.8, 4) is 28.4 Å². The first-order valence-corrected chi connectivity index (χ1v) is 9.97. The van der Waals surface area contributed by atoms with Crippen molar-refractivity contribution >= 4 is 9.84 Å². The van der Waals surface area contributed by atoms with Crippen molar-refractivity contribution in [2.45, 2.75) is 13.0 Å². The quantitative estimate of drug-likeness (QED) is 0.793. The number of ether oxygens (including phenoxy) is 3. The Morgan fingerprint density at radius 3 is 2.64 bits per heavy atom. The van der Waals surface area contributed by atoms with Gasteiger partial charge in [0.25, 0.3) is 0 Å². The minimum absolute atomic E-state index is 0.0506. The van der Waals surface area contributed by atoms with E-state index in [1.165, 1.54) is 6.26 Å². The molecule has 0 aliphatic carbocycles. The van der Waals surface area contributed by atoms with Gasteiger partial charge in [0.15, 0.2) is 0 Å². The highest BCUT2D eigenvalue weighted by molar-refractivity contribution is 7.90. The number of hydrogen-bond acceptors (Lipinski definition) is 6. The minimum atomic E-state index is -2.98. The van der Waals surface area contributed by atoms with Crippen LogP contribution in [0.1, 0.15) is 12.0 Å². The molecule has 2 aromatic rings. The van der Waals surface area contributed by atoms with E-state index >= 15 is 0 Å². The van der Waals surface area contributed by atoms with Gasteiger partial charge in [-0.3, -0.25) is 0 Å². The van der Waals surface area contributed by atoms with Gasteiger partial charge >= 0.3 is 0 Å². The second-order valence-electron chi connectivity index (χ2n) is 5.89. The first kappa shape index (κ1) is 17.6. The SMILES string of the molecule is CS(=O)(=O)CCCOc1ccc2c(c1)OCOc1ccc(CO)cc1-2. The van der Waals surface area contributed by atoms with Crippen LogP contribution < -0.4 is 14.2 Å². The summed E-state index contributed by atoms with van der Waals surface area (Å²) in [5, 5.41) is 9.34. The van der Waals surface area contributed by atoms with Crippen molar-refractivity contribution in [1.82, 2.24) is 0 Å². The van der Waals surface area contributed by atoms with Crippen molar-refractivity contribution in [2.24, 2.45) is 0 Å². The van der Waals surface area contributed by atoms with Crippen molar-refractivity contribution in [1.29, 1.82) is 0 Å². The van der Waals surface area contributed by atoms with E-state index in [0.717, 1.165) is 16.7 Å². The Morgan fingerprint density at radius 1 is 1.08 bits per heavy atom. The molecule has 25 heavy (non-hydrogen) atoms. The predicted octanol–water partition coefficient (Wildman–Crippen LogP) is 2.39. The molecule has 6 nitrogen and oxygen atoms in total. The zero-order chi connectivity index (χ0) is 17.9. The summed E-state index contributed by atoms with van der Waals surface area (Å²) in [7, 11) is -2.98. The lowest BCUT2D eigenvalue weighted by Crippen LogP contribution is -2.08. The van der Waals surface area contributed by atoms with Crippen LogP contribution in [0, 0.1) is 0 Å². The molecule has 0 spiro atoms. The van der Waals surface area contributed by atoms with E-state index in [4.69, 9.17) is 14.2 Å². The number of fused-ring (bicyclic) bond motifs is 3. The molecule has 0 amide bonds. The second kappa shape index (κ2) is 7.33. The fourth-order valence-corrected chi connectivity index (χ4v) is 3.26. The van der Waals surface area contributed by atoms with E-state index in [2.05, 4.69) is 0 Å². The fraction of sp³-hybridized carbons (Fsp3) is 0.333. The zero-order valence-electron chi connectivity index (χ0n) is 13.9. The van der Waals surface area contributed by atoms with Crippen LogP contribution in [0.3, 0.4) is 0 Å². The monoisotopic (exact) mass is 364 g/mol. The summed E-state index contributed by atoms with van der Waals surface area (Å²) in [6, 6.07) is 10.9. The number of rotatable bonds is 6. The van der Waals surface area contributed by atoms with Crippen LogP contribution in [0.4, 0.5) is 0 Å². The van der Waals surface area contributed by atoms with Crippen molar-refractivity contribution < 1.29 is 27.7 Å². The van der Waals surface area contributed by atoms with E-state index in [-0.39, 0.29) is 19.2 Å². The average molecular weight is 364 g/mol. The highest BCUT2D eigenvalue weighted by atomic mass is 32.2. The minimum Gasteiger partial charge on any atom is -0.493 e. The van der Waals surface area contributed by atoms with Crippen molar-refractivity contribution in [2.75, 3.05) is 25.4 Å². The van der Waals surface area contributed by atoms with Crippen molar-refractivity contribution in [3.63, 3.8) is 0 Å². The number of sulfone groups is 1. The maximum absolute atomic E-state index is 11.1. The average Bonchev–Trinajstić information content (AvgIpc) is 2.76. The molecule has 0 atom stereocenters. The van der Waals surface area contributed by atoms with Gasteiger partial charge in [-0.05, 0) is 36.2 Å². The zero-order valence-corrected chi connectivity index (χ0v) is 14.7. The number of aliphatic hydroxyl groups excluding tert-OH is 1. The maximum atomic E-state index is 11.1. The third-order valence-corrected chi connectivity index (χ3v) is 4.86. The Morgan fingerprint density at radius 2 is 1.88 bits per heavy atom. The molecule has 0 fully saturated rings. The molecule has 0 saturated heterocycles. The van der Waals surface area contributed by atoms with Gasteiger partial charge in [-0.1, -0.05) is 6.07 Å². The van der Waals surface area contributed by atoms with Gasteiger partial charge in [-0.25, -0.2) is 8.42 Å². The molecule has 1 aliphatic heterocycles. The summed E-state index contributed by atoms with van der Waals surface area (Å²) >= 11 is 0. The van der Waals surface area contributed by atoms with E-state index in [0.29, 0.717) is 30.3 Å². The highest BCUT2D eigenvalue weighted by Crippen LogP contribution is 2.41. The van der Waals surface area contributed by atoms with Crippen LogP contribution in [-0.4, -0.2) is 38.9 Å². The molecule has 3 rings (SSSR count). The summed E-state index contributed by atoms with van der Waals surface area (Å²) in [5.74, 6) is 2.01. The lowest BCUT2D eigenvalue weighted by molar-refractivity contribution is 0.124. The first-order chi connectivity index (χ1) is 12.0. The van der Waals surface area contributed by atoms with E-state index in [1.54, 1.807) is 6.07 Å². The van der Waals surface area contributed by atoms with E-state index in [9.17, 15) is 13.5 Å². The van der Waals surface area contributed by atoms with Crippen LogP contribution in [0.25, 0.3) is 11.1 Å². The standard InChI is InChI=1S/C18H20O6S/c1-25(20,21)8-2-7-22-14-4-5-15-16-9-13(11-19)3-6-17(16)23-12-24-18(15)10-14/h3-6,9-10,19H,2,7-8,11-12H2,1H3. The lowest BCUT2D eigenvalue weighted by Gasteiger charge is -2.11. The Kier molecular flexibility index (Phi) is 5.15. The molecule has 0 bridgehead atoms. The Labute approximate surface area is 146 Å². The molecule has 7 heteroatoms. The predicted molar refractivity (Wildman–Crippen MR) is 93.7 cm³/mol. The molecule has 0 saturated carbocycles. The largest absolute Gasteiger partial charge is 0.493 e. The molecular formula is C18H20O6S. The molecule has 0 aromatic heterocycles. The summed E-state index contributed by atoms with van der Waals surface area (Å²) in [6.07, 6.45) is 1.64. The lowest BCUT2D eigenvalue weighted by atomic mass is 10.0. The van der Waals surface area contributed by atoms with Gasteiger partial charge in [0.1, 0.15) is 27.1 Å². The molecule has 0 unspecified atom stereocenters. The van der Waals surface area contributed by atoms with Crippen LogP contribution in [0.15, 0.2) is 36.4 Å². The molecule has 1 N–H and O–H groups in total. The summed E-state index contributed by atoms with van der Waals surface area (Å²) < 4.78 is 39.1. The van der Waals surface area contributed by atoms with Crippen LogP contribution in [0.5, 0.6) is 17.2 Å². The van der Waals surface area contributed by atoms with Crippen molar-refractivity contribution in [3.05, 3.63) is 42.0 Å². The first-order valence-electron chi connectivity index (χ1n) is 7.90. The van der Waals surface area contributed by atoms with Crippen LogP contribution >= 0.6 is 0 Å². The van der Waals surface area contributed by atoms with Gasteiger partial charge in [-0.15, -0.1) is 0 Å². The molecular weight excluding hydrogens is 344 g/mol. The smallest absolute Gasteiger partial charge is 0.230 e. The number of hydrogen-bond donors (Lipinski definition) is 1. The second-order valence-corrected chi connectivity index (χ2v) is 8.14. The van der Waals surface area contributed by atoms with E-state index < -0.39 is 9.84 Å². The Balaban J connectivity index is 1.79. The topological polar surface area (TPSA) is 82.1 Å². The number of aliphatic hydroxyl groups is 1. The summed E-state index contributed by atoms with van der Waals surface area (Å²) in [6.45, 7) is 0.342. The highest BCUT2D eigenvalue weighted by Gasteiger charge is 2.17. The molecule has 0 radical (unpaired) electrons. The Bertz CT molecular complexity index is 860. The molecule has 134 valence electrons. The van der Waals surface area contributed by atoms with Gasteiger partial charge < -0.3 is 19.3 Å². The third kappa shape index (κ3) is 4.43. The molecule has 1 aliphatic rings. The summed E-state index contributed by atoms with van der Waals surface area (Å²) in [4.78, 5) is 0. The van der Waals surface area contributed by atoms with Crippen LogP contribution in [0.2, 0.25) is 0 Å². The van der Waals surface area contributed by atoms with Gasteiger partial charge in [0.05, 0.1) is 19.0 Å². The van der Waals surface area contributed by atoms with Crippen LogP contribution in [-0.2, 0) is 16.4 Å². The van der Waals surface area contributed by atoms with Gasteiger partial charge in [-0.2, -0.15) is 0 Å². The number of benzene rings is 2. The summed E-state index contributed by atoms with van der Waals surface area (Å²) in [5.41, 5.74) is 2.49. The van der Waals surface area contributed by atoms with Gasteiger partial charge in [0.2, 0.25) is 6.79 Å². The van der Waals surface area contributed by atoms with Gasteiger partial charge in [0, 0.05) is 23.4 Å². The molecule has 1 heterocycles. The van der Waals surface area contributed by atoms with E-state index in [1.807, 2.05) is 30.3 Å². The third-order valence-electron chi connectivity index (χ3n) is 3.83. The Hall–Kier alpha value is -2.25. The molecule has 2 aromatic carbocycles. The maximum Gasteiger partial charge on any atom is 0.230 e.